The van der Waals surface area contributed by atoms with Crippen molar-refractivity contribution in [2.45, 2.75) is 0 Å². The normalized spacial score (nSPS) is 10.9. The molecular weight excluding hydrogens is 174 g/mol. The van der Waals surface area contributed by atoms with Gasteiger partial charge in [0.1, 0.15) is 5.76 Å². The van der Waals surface area contributed by atoms with Crippen molar-refractivity contribution in [3.05, 3.63) is 54.0 Å². The van der Waals surface area contributed by atoms with Crippen LogP contribution in [0.4, 0.5) is 5.69 Å². The summed E-state index contributed by atoms with van der Waals surface area (Å²) < 4.78 is 5.17. The molecule has 0 saturated heterocycles. The standard InChI is InChI=1S/C12H11NO/c13-11-6-3-10(4-7-11)5-8-12-2-1-9-14-12/h1-9H,13H2/b8-5+. The maximum Gasteiger partial charge on any atom is 0.126 e. The van der Waals surface area contributed by atoms with Crippen molar-refractivity contribution >= 4 is 17.8 Å². The summed E-state index contributed by atoms with van der Waals surface area (Å²) in [4.78, 5) is 0. The second-order valence-electron chi connectivity index (χ2n) is 3.02. The van der Waals surface area contributed by atoms with Crippen molar-refractivity contribution in [3.63, 3.8) is 0 Å². The molecule has 1 aromatic heterocycles. The van der Waals surface area contributed by atoms with Crippen LogP contribution in [-0.2, 0) is 0 Å². The van der Waals surface area contributed by atoms with E-state index in [9.17, 15) is 0 Å². The number of furan rings is 1. The minimum Gasteiger partial charge on any atom is -0.465 e. The molecular formula is C12H11NO. The van der Waals surface area contributed by atoms with Crippen molar-refractivity contribution in [2.75, 3.05) is 5.73 Å². The minimum absolute atomic E-state index is 0.778. The first-order chi connectivity index (χ1) is 6.84. The highest BCUT2D eigenvalue weighted by Crippen LogP contribution is 2.10. The summed E-state index contributed by atoms with van der Waals surface area (Å²) in [6, 6.07) is 11.5. The third-order valence-corrected chi connectivity index (χ3v) is 1.92. The number of nitrogen functional groups attached to an aromatic ring is 1. The van der Waals surface area contributed by atoms with Gasteiger partial charge in [-0.3, -0.25) is 0 Å². The Balaban J connectivity index is 2.15. The smallest absolute Gasteiger partial charge is 0.126 e. The maximum atomic E-state index is 5.57. The topological polar surface area (TPSA) is 39.2 Å². The van der Waals surface area contributed by atoms with Crippen molar-refractivity contribution < 1.29 is 4.42 Å². The zero-order valence-corrected chi connectivity index (χ0v) is 7.68. The van der Waals surface area contributed by atoms with Gasteiger partial charge in [-0.1, -0.05) is 18.2 Å². The molecule has 0 atom stereocenters. The van der Waals surface area contributed by atoms with E-state index < -0.39 is 0 Å². The third kappa shape index (κ3) is 2.04. The average molecular weight is 185 g/mol. The lowest BCUT2D eigenvalue weighted by Gasteiger charge is -1.93. The molecule has 0 spiro atoms. The van der Waals surface area contributed by atoms with Gasteiger partial charge in [0, 0.05) is 5.69 Å². The van der Waals surface area contributed by atoms with Crippen LogP contribution in [0.25, 0.3) is 12.2 Å². The Morgan fingerprint density at radius 2 is 1.79 bits per heavy atom. The molecule has 2 rings (SSSR count). The zero-order chi connectivity index (χ0) is 9.80. The summed E-state index contributed by atoms with van der Waals surface area (Å²) in [5.74, 6) is 0.849. The fourth-order valence-corrected chi connectivity index (χ4v) is 1.17. The van der Waals surface area contributed by atoms with Gasteiger partial charge in [-0.2, -0.15) is 0 Å². The summed E-state index contributed by atoms with van der Waals surface area (Å²) >= 11 is 0. The predicted octanol–water partition coefficient (Wildman–Crippen LogP) is 3.03. The highest BCUT2D eigenvalue weighted by atomic mass is 16.3. The quantitative estimate of drug-likeness (QED) is 0.730. The molecule has 2 nitrogen and oxygen atoms in total. The van der Waals surface area contributed by atoms with Gasteiger partial charge in [0.15, 0.2) is 0 Å². The summed E-state index contributed by atoms with van der Waals surface area (Å²) in [5, 5.41) is 0. The second-order valence-corrected chi connectivity index (χ2v) is 3.02. The SMILES string of the molecule is Nc1ccc(/C=C/c2ccco2)cc1. The maximum absolute atomic E-state index is 5.57. The van der Waals surface area contributed by atoms with Crippen molar-refractivity contribution in [3.8, 4) is 0 Å². The first-order valence-corrected chi connectivity index (χ1v) is 4.42. The lowest BCUT2D eigenvalue weighted by Crippen LogP contribution is -1.82. The summed E-state index contributed by atoms with van der Waals surface area (Å²) in [6.45, 7) is 0. The van der Waals surface area contributed by atoms with Crippen LogP contribution in [0, 0.1) is 0 Å². The number of nitrogens with two attached hydrogens (primary N) is 1. The molecule has 0 aliphatic heterocycles. The van der Waals surface area contributed by atoms with Gasteiger partial charge in [0.25, 0.3) is 0 Å². The first kappa shape index (κ1) is 8.63. The van der Waals surface area contributed by atoms with Gasteiger partial charge in [-0.15, -0.1) is 0 Å². The lowest BCUT2D eigenvalue weighted by atomic mass is 10.2. The molecule has 14 heavy (non-hydrogen) atoms. The summed E-state index contributed by atoms with van der Waals surface area (Å²) in [5.41, 5.74) is 7.46. The molecule has 1 heterocycles. The van der Waals surface area contributed by atoms with Gasteiger partial charge in [0.05, 0.1) is 6.26 Å². The van der Waals surface area contributed by atoms with Gasteiger partial charge in [-0.25, -0.2) is 0 Å². The number of benzene rings is 1. The van der Waals surface area contributed by atoms with E-state index in [-0.39, 0.29) is 0 Å². The number of hydrogen-bond acceptors (Lipinski definition) is 2. The van der Waals surface area contributed by atoms with Crippen molar-refractivity contribution in [2.24, 2.45) is 0 Å². The molecule has 0 unspecified atom stereocenters. The number of hydrogen-bond donors (Lipinski definition) is 1. The highest BCUT2D eigenvalue weighted by molar-refractivity contribution is 5.68. The van der Waals surface area contributed by atoms with Gasteiger partial charge in [-0.05, 0) is 35.9 Å². The molecule has 0 fully saturated rings. The Labute approximate surface area is 82.7 Å². The molecule has 2 heteroatoms. The van der Waals surface area contributed by atoms with Crippen molar-refractivity contribution in [1.29, 1.82) is 0 Å². The number of rotatable bonds is 2. The predicted molar refractivity (Wildman–Crippen MR) is 58.5 cm³/mol. The monoisotopic (exact) mass is 185 g/mol. The molecule has 2 aromatic rings. The van der Waals surface area contributed by atoms with Crippen LogP contribution in [0.15, 0.2) is 47.1 Å². The van der Waals surface area contributed by atoms with Crippen LogP contribution in [0.1, 0.15) is 11.3 Å². The van der Waals surface area contributed by atoms with E-state index in [4.69, 9.17) is 10.2 Å². The lowest BCUT2D eigenvalue weighted by molar-refractivity contribution is 0.557. The Hall–Kier alpha value is -1.96. The average Bonchev–Trinajstić information content (AvgIpc) is 2.70. The molecule has 0 amide bonds. The Bertz CT molecular complexity index is 412. The van der Waals surface area contributed by atoms with Crippen molar-refractivity contribution in [1.82, 2.24) is 0 Å². The van der Waals surface area contributed by atoms with E-state index in [0.717, 1.165) is 17.0 Å². The molecule has 0 aliphatic rings. The largest absolute Gasteiger partial charge is 0.465 e. The van der Waals surface area contributed by atoms with E-state index in [1.807, 2.05) is 48.6 Å². The summed E-state index contributed by atoms with van der Waals surface area (Å²) in [7, 11) is 0. The van der Waals surface area contributed by atoms with E-state index in [0.29, 0.717) is 0 Å². The van der Waals surface area contributed by atoms with Gasteiger partial charge < -0.3 is 10.2 Å². The fraction of sp³-hybridized carbons (Fsp3) is 0. The molecule has 0 radical (unpaired) electrons. The molecule has 0 bridgehead atoms. The van der Waals surface area contributed by atoms with E-state index in [1.54, 1.807) is 6.26 Å². The summed E-state index contributed by atoms with van der Waals surface area (Å²) in [6.07, 6.45) is 5.56. The van der Waals surface area contributed by atoms with Crippen LogP contribution < -0.4 is 5.73 Å². The number of anilines is 1. The minimum atomic E-state index is 0.778. The second kappa shape index (κ2) is 3.83. The van der Waals surface area contributed by atoms with Gasteiger partial charge in [0.2, 0.25) is 0 Å². The molecule has 0 saturated carbocycles. The van der Waals surface area contributed by atoms with E-state index in [2.05, 4.69) is 0 Å². The Kier molecular flexibility index (Phi) is 2.36. The third-order valence-electron chi connectivity index (χ3n) is 1.92. The van der Waals surface area contributed by atoms with Crippen LogP contribution >= 0.6 is 0 Å². The van der Waals surface area contributed by atoms with Crippen LogP contribution in [0.5, 0.6) is 0 Å². The van der Waals surface area contributed by atoms with E-state index >= 15 is 0 Å². The zero-order valence-electron chi connectivity index (χ0n) is 7.68. The Morgan fingerprint density at radius 1 is 1.00 bits per heavy atom. The Morgan fingerprint density at radius 3 is 2.43 bits per heavy atom. The van der Waals surface area contributed by atoms with Crippen LogP contribution in [0.2, 0.25) is 0 Å². The fourth-order valence-electron chi connectivity index (χ4n) is 1.17. The molecule has 2 N–H and O–H groups in total. The molecule has 70 valence electrons. The molecule has 0 aliphatic carbocycles. The first-order valence-electron chi connectivity index (χ1n) is 4.42. The highest BCUT2D eigenvalue weighted by Gasteiger charge is 1.89. The van der Waals surface area contributed by atoms with Crippen LogP contribution in [0.3, 0.4) is 0 Å². The molecule has 1 aromatic carbocycles. The van der Waals surface area contributed by atoms with E-state index in [1.165, 1.54) is 0 Å². The van der Waals surface area contributed by atoms with Gasteiger partial charge >= 0.3 is 0 Å². The van der Waals surface area contributed by atoms with Crippen LogP contribution in [-0.4, -0.2) is 0 Å².